The van der Waals surface area contributed by atoms with Crippen molar-refractivity contribution < 1.29 is 19.1 Å². The van der Waals surface area contributed by atoms with Gasteiger partial charge in [0.05, 0.1) is 11.3 Å². The summed E-state index contributed by atoms with van der Waals surface area (Å²) in [5.41, 5.74) is 3.35. The number of benzene rings is 2. The lowest BCUT2D eigenvalue weighted by Gasteiger charge is -2.26. The van der Waals surface area contributed by atoms with E-state index in [0.29, 0.717) is 23.5 Å². The van der Waals surface area contributed by atoms with Crippen molar-refractivity contribution in [1.82, 2.24) is 4.90 Å². The van der Waals surface area contributed by atoms with Crippen molar-refractivity contribution in [3.63, 3.8) is 0 Å². The van der Waals surface area contributed by atoms with Gasteiger partial charge in [-0.05, 0) is 54.6 Å². The van der Waals surface area contributed by atoms with Crippen molar-refractivity contribution in [3.8, 4) is 0 Å². The number of nitrogens with zero attached hydrogens (tertiary/aromatic N) is 1. The van der Waals surface area contributed by atoms with Crippen molar-refractivity contribution in [2.24, 2.45) is 0 Å². The van der Waals surface area contributed by atoms with Crippen LogP contribution in [0.25, 0.3) is 0 Å². The molecule has 1 N–H and O–H groups in total. The highest BCUT2D eigenvalue weighted by molar-refractivity contribution is 8.00. The molecule has 0 atom stereocenters. The van der Waals surface area contributed by atoms with E-state index in [1.54, 1.807) is 40.5 Å². The maximum atomic E-state index is 12.7. The van der Waals surface area contributed by atoms with E-state index in [-0.39, 0.29) is 24.2 Å². The number of hydrogen-bond acceptors (Lipinski definition) is 6. The van der Waals surface area contributed by atoms with Crippen molar-refractivity contribution >= 4 is 46.6 Å². The number of carbonyl (C=O) groups is 3. The number of ether oxygens (including phenoxy) is 1. The first-order chi connectivity index (χ1) is 16.0. The Morgan fingerprint density at radius 1 is 1.09 bits per heavy atom. The van der Waals surface area contributed by atoms with E-state index in [9.17, 15) is 14.4 Å². The molecule has 170 valence electrons. The molecule has 0 spiro atoms. The summed E-state index contributed by atoms with van der Waals surface area (Å²) in [4.78, 5) is 41.2. The van der Waals surface area contributed by atoms with Crippen LogP contribution in [0.1, 0.15) is 26.4 Å². The first kappa shape index (κ1) is 23.1. The number of esters is 1. The molecule has 1 aliphatic rings. The fourth-order valence-corrected chi connectivity index (χ4v) is 5.23. The van der Waals surface area contributed by atoms with Crippen LogP contribution in [0.4, 0.5) is 5.69 Å². The summed E-state index contributed by atoms with van der Waals surface area (Å²) < 4.78 is 5.33. The second-order valence-corrected chi connectivity index (χ2v) is 9.73. The molecule has 0 saturated heterocycles. The highest BCUT2D eigenvalue weighted by atomic mass is 32.2. The fourth-order valence-electron chi connectivity index (χ4n) is 3.50. The highest BCUT2D eigenvalue weighted by Crippen LogP contribution is 2.25. The lowest BCUT2D eigenvalue weighted by molar-refractivity contribution is -0.135. The van der Waals surface area contributed by atoms with Crippen LogP contribution in [-0.4, -0.2) is 41.6 Å². The molecule has 2 aromatic carbocycles. The average Bonchev–Trinajstić information content (AvgIpc) is 3.30. The summed E-state index contributed by atoms with van der Waals surface area (Å²) in [5.74, 6) is -0.796. The Labute approximate surface area is 200 Å². The molecule has 33 heavy (non-hydrogen) atoms. The smallest absolute Gasteiger partial charge is 0.339 e. The van der Waals surface area contributed by atoms with Crippen molar-refractivity contribution in [2.45, 2.75) is 24.8 Å². The van der Waals surface area contributed by atoms with Crippen LogP contribution in [0.2, 0.25) is 0 Å². The molecule has 0 saturated carbocycles. The van der Waals surface area contributed by atoms with Gasteiger partial charge in [0.25, 0.3) is 5.91 Å². The zero-order valence-corrected chi connectivity index (χ0v) is 19.8. The summed E-state index contributed by atoms with van der Waals surface area (Å²) in [5, 5.41) is 4.88. The van der Waals surface area contributed by atoms with E-state index < -0.39 is 5.97 Å². The number of hydrogen-bond donors (Lipinski definition) is 1. The summed E-state index contributed by atoms with van der Waals surface area (Å²) >= 11 is 2.96. The molecule has 2 heterocycles. The molecule has 0 fully saturated rings. The summed E-state index contributed by atoms with van der Waals surface area (Å²) in [6.45, 7) is 2.87. The third kappa shape index (κ3) is 6.03. The van der Waals surface area contributed by atoms with Crippen LogP contribution in [0.15, 0.2) is 64.9 Å². The molecule has 0 unspecified atom stereocenters. The Bertz CT molecular complexity index is 1160. The van der Waals surface area contributed by atoms with Crippen LogP contribution < -0.4 is 5.32 Å². The van der Waals surface area contributed by atoms with Gasteiger partial charge in [-0.1, -0.05) is 29.8 Å². The molecule has 1 aromatic heterocycles. The van der Waals surface area contributed by atoms with E-state index in [1.807, 2.05) is 42.6 Å². The Balaban J connectivity index is 1.30. The quantitative estimate of drug-likeness (QED) is 0.397. The third-order valence-corrected chi connectivity index (χ3v) is 7.38. The van der Waals surface area contributed by atoms with E-state index in [4.69, 9.17) is 4.74 Å². The zero-order valence-electron chi connectivity index (χ0n) is 18.2. The summed E-state index contributed by atoms with van der Waals surface area (Å²) in [6, 6.07) is 16.5. The molecule has 0 radical (unpaired) electrons. The number of thiophene rings is 1. The number of fused-ring (bicyclic) bond motifs is 1. The maximum absolute atomic E-state index is 12.7. The molecular weight excluding hydrogens is 456 g/mol. The number of anilines is 1. The SMILES string of the molecule is Cc1ccc(NC(=O)CSc2ccccc2C(=O)OCC(=O)N2CCc3sccc3C2)cc1. The van der Waals surface area contributed by atoms with Gasteiger partial charge in [-0.2, -0.15) is 0 Å². The fraction of sp³-hybridized carbons (Fsp3) is 0.240. The van der Waals surface area contributed by atoms with E-state index in [0.717, 1.165) is 23.2 Å². The number of rotatable bonds is 7. The van der Waals surface area contributed by atoms with Crippen molar-refractivity contribution in [1.29, 1.82) is 0 Å². The van der Waals surface area contributed by atoms with Crippen LogP contribution >= 0.6 is 23.1 Å². The number of carbonyl (C=O) groups excluding carboxylic acids is 3. The molecule has 6 nitrogen and oxygen atoms in total. The van der Waals surface area contributed by atoms with Crippen molar-refractivity contribution in [2.75, 3.05) is 24.2 Å². The maximum Gasteiger partial charge on any atom is 0.339 e. The van der Waals surface area contributed by atoms with Gasteiger partial charge in [0.2, 0.25) is 5.91 Å². The van der Waals surface area contributed by atoms with E-state index in [1.165, 1.54) is 16.6 Å². The van der Waals surface area contributed by atoms with Crippen LogP contribution in [0.5, 0.6) is 0 Å². The number of thioether (sulfide) groups is 1. The Kier molecular flexibility index (Phi) is 7.47. The van der Waals surface area contributed by atoms with Gasteiger partial charge in [-0.15, -0.1) is 23.1 Å². The minimum absolute atomic E-state index is 0.147. The van der Waals surface area contributed by atoms with Crippen LogP contribution in [0.3, 0.4) is 0 Å². The predicted octanol–water partition coefficient (Wildman–Crippen LogP) is 4.53. The second kappa shape index (κ2) is 10.7. The van der Waals surface area contributed by atoms with Gasteiger partial charge >= 0.3 is 5.97 Å². The normalized spacial score (nSPS) is 12.7. The summed E-state index contributed by atoms with van der Waals surface area (Å²) in [6.07, 6.45) is 0.830. The largest absolute Gasteiger partial charge is 0.452 e. The molecule has 3 aromatic rings. The minimum Gasteiger partial charge on any atom is -0.452 e. The molecule has 1 aliphatic heterocycles. The second-order valence-electron chi connectivity index (χ2n) is 7.71. The van der Waals surface area contributed by atoms with Gasteiger partial charge in [0.1, 0.15) is 0 Å². The van der Waals surface area contributed by atoms with E-state index in [2.05, 4.69) is 5.32 Å². The molecule has 8 heteroatoms. The van der Waals surface area contributed by atoms with Gasteiger partial charge in [0, 0.05) is 28.5 Å². The first-order valence-electron chi connectivity index (χ1n) is 10.6. The Hall–Kier alpha value is -3.10. The van der Waals surface area contributed by atoms with Gasteiger partial charge in [-0.25, -0.2) is 4.79 Å². The average molecular weight is 481 g/mol. The standard InChI is InChI=1S/C25H24N2O4S2/c1-17-6-8-19(9-7-17)26-23(28)16-33-22-5-3-2-4-20(22)25(30)31-15-24(29)27-12-10-21-18(14-27)11-13-32-21/h2-9,11,13H,10,12,14-16H2,1H3,(H,26,28). The third-order valence-electron chi connectivity index (χ3n) is 5.29. The number of nitrogens with one attached hydrogen (secondary N) is 1. The Morgan fingerprint density at radius 3 is 2.70 bits per heavy atom. The minimum atomic E-state index is -0.571. The van der Waals surface area contributed by atoms with Gasteiger partial charge < -0.3 is 15.0 Å². The topological polar surface area (TPSA) is 75.7 Å². The summed E-state index contributed by atoms with van der Waals surface area (Å²) in [7, 11) is 0. The molecular formula is C25H24N2O4S2. The first-order valence-corrected chi connectivity index (χ1v) is 12.4. The van der Waals surface area contributed by atoms with Crippen LogP contribution in [-0.2, 0) is 27.3 Å². The monoisotopic (exact) mass is 480 g/mol. The predicted molar refractivity (Wildman–Crippen MR) is 131 cm³/mol. The zero-order chi connectivity index (χ0) is 23.2. The molecule has 2 amide bonds. The molecule has 4 rings (SSSR count). The Morgan fingerprint density at radius 2 is 1.88 bits per heavy atom. The van der Waals surface area contributed by atoms with Crippen molar-refractivity contribution in [3.05, 3.63) is 81.5 Å². The molecule has 0 aliphatic carbocycles. The highest BCUT2D eigenvalue weighted by Gasteiger charge is 2.23. The van der Waals surface area contributed by atoms with E-state index >= 15 is 0 Å². The van der Waals surface area contributed by atoms with Crippen LogP contribution in [0, 0.1) is 6.92 Å². The lowest BCUT2D eigenvalue weighted by Crippen LogP contribution is -2.38. The lowest BCUT2D eigenvalue weighted by atomic mass is 10.1. The van der Waals surface area contributed by atoms with Gasteiger partial charge in [-0.3, -0.25) is 9.59 Å². The number of aryl methyl sites for hydroxylation is 1. The van der Waals surface area contributed by atoms with Gasteiger partial charge in [0.15, 0.2) is 6.61 Å². The molecule has 0 bridgehead atoms. The number of amides is 2.